The van der Waals surface area contributed by atoms with Crippen molar-refractivity contribution in [3.63, 3.8) is 0 Å². The molecule has 1 atom stereocenters. The maximum atomic E-state index is 3.67. The Balaban J connectivity index is 0.000000196. The molecule has 5 rings (SSSR count). The van der Waals surface area contributed by atoms with Gasteiger partial charge in [0.05, 0.1) is 0 Å². The van der Waals surface area contributed by atoms with Crippen LogP contribution in [0, 0.1) is 30.4 Å². The van der Waals surface area contributed by atoms with Gasteiger partial charge in [-0.1, -0.05) is 124 Å². The van der Waals surface area contributed by atoms with Gasteiger partial charge in [0.1, 0.15) is 0 Å². The van der Waals surface area contributed by atoms with Crippen molar-refractivity contribution in [3.05, 3.63) is 117 Å². The van der Waals surface area contributed by atoms with Gasteiger partial charge in [-0.3, -0.25) is 6.08 Å². The van der Waals surface area contributed by atoms with E-state index in [0.717, 1.165) is 12.8 Å². The van der Waals surface area contributed by atoms with Gasteiger partial charge in [-0.15, -0.1) is 11.1 Å². The monoisotopic (exact) mass is 648 g/mol. The van der Waals surface area contributed by atoms with Crippen molar-refractivity contribution >= 4 is 3.71 Å². The summed E-state index contributed by atoms with van der Waals surface area (Å²) in [6.45, 7) is 27.0. The summed E-state index contributed by atoms with van der Waals surface area (Å²) < 4.78 is 2.19. The van der Waals surface area contributed by atoms with Crippen molar-refractivity contribution in [2.45, 2.75) is 113 Å². The van der Waals surface area contributed by atoms with Crippen molar-refractivity contribution in [2.75, 3.05) is 0 Å². The summed E-state index contributed by atoms with van der Waals surface area (Å²) in [5.74, 6) is 0.573. The van der Waals surface area contributed by atoms with Crippen molar-refractivity contribution < 1.29 is 24.2 Å². The molecular weight excluding hydrogens is 596 g/mol. The first-order valence-corrected chi connectivity index (χ1v) is 17.5. The van der Waals surface area contributed by atoms with E-state index < -0.39 is 0 Å². The summed E-state index contributed by atoms with van der Waals surface area (Å²) in [5.41, 5.74) is 14.6. The zero-order chi connectivity index (χ0) is 32.2. The first kappa shape index (κ1) is 35.4. The molecule has 0 amide bonds. The average molecular weight is 650 g/mol. The van der Waals surface area contributed by atoms with E-state index in [0.29, 0.717) is 11.3 Å². The molecule has 0 aromatic heterocycles. The van der Waals surface area contributed by atoms with Crippen LogP contribution in [-0.4, -0.2) is 3.71 Å². The number of hydrogen-bond acceptors (Lipinski definition) is 0. The van der Waals surface area contributed by atoms with Gasteiger partial charge >= 0.3 is 70.3 Å². The molecule has 0 bridgehead atoms. The maximum absolute atomic E-state index is 3.67. The predicted molar refractivity (Wildman–Crippen MR) is 186 cm³/mol. The molecule has 1 unspecified atom stereocenters. The summed E-state index contributed by atoms with van der Waals surface area (Å²) in [6, 6.07) is 23.7. The normalized spacial score (nSPS) is 15.7. The third-order valence-corrected chi connectivity index (χ3v) is 9.18. The van der Waals surface area contributed by atoms with E-state index in [1.807, 2.05) is 0 Å². The fraction of sp³-hybridized carbons (Fsp3) is 0.452. The van der Waals surface area contributed by atoms with Gasteiger partial charge in [0, 0.05) is 0 Å². The molecule has 0 spiro atoms. The topological polar surface area (TPSA) is 0 Å². The van der Waals surface area contributed by atoms with Gasteiger partial charge < -0.3 is 0 Å². The zero-order valence-electron chi connectivity index (χ0n) is 29.0. The SMILES string of the molecule is CC(C)(C)c1[c-]c2c(cc1)-c1ccc(C(C)(C)C)cc1C2.CCC1=[C-]C(CC)C=C1C(C)(C)C.Cc1ccc([CH]=[Zr+2])cc1. The van der Waals surface area contributed by atoms with Crippen LogP contribution in [0.2, 0.25) is 0 Å². The van der Waals surface area contributed by atoms with E-state index in [1.165, 1.54) is 86.3 Å². The zero-order valence-corrected chi connectivity index (χ0v) is 31.5. The summed E-state index contributed by atoms with van der Waals surface area (Å²) in [7, 11) is 0. The van der Waals surface area contributed by atoms with Crippen LogP contribution in [0.3, 0.4) is 0 Å². The van der Waals surface area contributed by atoms with Crippen molar-refractivity contribution in [1.82, 2.24) is 0 Å². The molecule has 0 radical (unpaired) electrons. The van der Waals surface area contributed by atoms with Crippen LogP contribution in [0.25, 0.3) is 11.1 Å². The molecule has 0 aliphatic heterocycles. The average Bonchev–Trinajstić information content (AvgIpc) is 3.54. The Morgan fingerprint density at radius 1 is 0.791 bits per heavy atom. The molecule has 0 heterocycles. The number of aryl methyl sites for hydroxylation is 1. The predicted octanol–water partition coefficient (Wildman–Crippen LogP) is 11.5. The van der Waals surface area contributed by atoms with Gasteiger partial charge in [-0.2, -0.15) is 35.4 Å². The molecule has 0 saturated heterocycles. The molecule has 2 aliphatic rings. The fourth-order valence-electron chi connectivity index (χ4n) is 5.55. The summed E-state index contributed by atoms with van der Waals surface area (Å²) in [5, 5.41) is 0. The summed E-state index contributed by atoms with van der Waals surface area (Å²) in [6.07, 6.45) is 9.31. The molecule has 0 fully saturated rings. The van der Waals surface area contributed by atoms with E-state index in [1.54, 1.807) is 0 Å². The molecule has 226 valence electrons. The second-order valence-corrected chi connectivity index (χ2v) is 15.9. The number of fused-ring (bicyclic) bond motifs is 3. The second-order valence-electron chi connectivity index (χ2n) is 15.2. The van der Waals surface area contributed by atoms with E-state index in [9.17, 15) is 0 Å². The molecule has 0 N–H and O–H groups in total. The Kier molecular flexibility index (Phi) is 11.8. The first-order chi connectivity index (χ1) is 20.0. The Hall–Kier alpha value is -2.11. The number of allylic oxidation sites excluding steroid dienone is 4. The van der Waals surface area contributed by atoms with Gasteiger partial charge in [0.15, 0.2) is 0 Å². The molecule has 3 aromatic rings. The molecule has 3 aromatic carbocycles. The van der Waals surface area contributed by atoms with Crippen LogP contribution in [0.4, 0.5) is 0 Å². The Labute approximate surface area is 279 Å². The molecular formula is C42H54Zr. The number of rotatable bonds is 3. The van der Waals surface area contributed by atoms with Crippen LogP contribution in [0.15, 0.2) is 71.8 Å². The Morgan fingerprint density at radius 3 is 1.91 bits per heavy atom. The van der Waals surface area contributed by atoms with Crippen LogP contribution in [-0.2, 0) is 41.5 Å². The third kappa shape index (κ3) is 9.44. The Bertz CT molecular complexity index is 1400. The molecule has 43 heavy (non-hydrogen) atoms. The van der Waals surface area contributed by atoms with Crippen LogP contribution in [0.1, 0.15) is 122 Å². The first-order valence-electron chi connectivity index (χ1n) is 16.1. The molecule has 0 saturated carbocycles. The third-order valence-electron chi connectivity index (χ3n) is 8.36. The van der Waals surface area contributed by atoms with E-state index in [4.69, 9.17) is 0 Å². The van der Waals surface area contributed by atoms with E-state index >= 15 is 0 Å². The van der Waals surface area contributed by atoms with E-state index in [-0.39, 0.29) is 10.8 Å². The van der Waals surface area contributed by atoms with Crippen molar-refractivity contribution in [2.24, 2.45) is 11.3 Å². The minimum absolute atomic E-state index is 0.167. The Morgan fingerprint density at radius 2 is 1.42 bits per heavy atom. The summed E-state index contributed by atoms with van der Waals surface area (Å²) >= 11 is 1.47. The molecule has 1 heteroatoms. The van der Waals surface area contributed by atoms with Gasteiger partial charge in [-0.25, -0.2) is 5.57 Å². The van der Waals surface area contributed by atoms with E-state index in [2.05, 4.69) is 160 Å². The van der Waals surface area contributed by atoms with Gasteiger partial charge in [-0.05, 0) is 28.4 Å². The van der Waals surface area contributed by atoms with Crippen molar-refractivity contribution in [1.29, 1.82) is 0 Å². The second kappa shape index (κ2) is 14.3. The fourth-order valence-corrected chi connectivity index (χ4v) is 6.02. The quantitative estimate of drug-likeness (QED) is 0.194. The minimum atomic E-state index is 0.167. The molecule has 2 aliphatic carbocycles. The van der Waals surface area contributed by atoms with Crippen LogP contribution < -0.4 is 0 Å². The molecule has 0 nitrogen and oxygen atoms in total. The van der Waals surface area contributed by atoms with Crippen LogP contribution in [0.5, 0.6) is 0 Å². The van der Waals surface area contributed by atoms with Gasteiger partial charge in [0.2, 0.25) is 0 Å². The summed E-state index contributed by atoms with van der Waals surface area (Å²) in [4.78, 5) is 0. The number of hydrogen-bond donors (Lipinski definition) is 0. The standard InChI is InChI=1S/C21H25.C13H21.C8H8.Zr/c1-20(2,3)16-7-9-18-14(12-16)11-15-13-17(21(4,5)6)8-10-19(15)18;1-6-10-8-11(7-2)12(9-10)13(3,4)5;1-7-3-5-8(2)6-4-7;/h7-10,12H,11H2,1-6H3;9-10H,6-7H2,1-5H3;1,3-6H,2H3;/q2*-1;;+2. The number of benzene rings is 3. The van der Waals surface area contributed by atoms with Crippen LogP contribution >= 0.6 is 0 Å². The van der Waals surface area contributed by atoms with Gasteiger partial charge in [0.25, 0.3) is 0 Å². The van der Waals surface area contributed by atoms with Crippen molar-refractivity contribution in [3.8, 4) is 11.1 Å².